The lowest BCUT2D eigenvalue weighted by Gasteiger charge is -2.35. The fourth-order valence-electron chi connectivity index (χ4n) is 2.69. The van der Waals surface area contributed by atoms with Gasteiger partial charge in [-0.05, 0) is 57.1 Å². The zero-order valence-electron chi connectivity index (χ0n) is 12.9. The van der Waals surface area contributed by atoms with Gasteiger partial charge in [0.15, 0.2) is 0 Å². The first-order valence-corrected chi connectivity index (χ1v) is 8.67. The van der Waals surface area contributed by atoms with E-state index in [1.807, 2.05) is 21.0 Å². The van der Waals surface area contributed by atoms with Crippen LogP contribution in [0.3, 0.4) is 0 Å². The van der Waals surface area contributed by atoms with Crippen LogP contribution in [0.1, 0.15) is 24.0 Å². The molecule has 0 aromatic heterocycles. The van der Waals surface area contributed by atoms with E-state index in [9.17, 15) is 13.5 Å². The van der Waals surface area contributed by atoms with E-state index >= 15 is 0 Å². The zero-order chi connectivity index (χ0) is 15.6. The molecule has 1 aromatic carbocycles. The highest BCUT2D eigenvalue weighted by atomic mass is 32.2. The van der Waals surface area contributed by atoms with Gasteiger partial charge in [0.05, 0.1) is 11.5 Å². The lowest BCUT2D eigenvalue weighted by atomic mass is 10.1. The number of aliphatic hydroxyl groups excluding tert-OH is 1. The van der Waals surface area contributed by atoms with Gasteiger partial charge in [-0.1, -0.05) is 6.07 Å². The molecule has 0 spiro atoms. The van der Waals surface area contributed by atoms with Gasteiger partial charge in [0.1, 0.15) is 0 Å². The molecule has 1 atom stereocenters. The SMILES string of the molecule is Cc1ccc(S(=O)(=O)N2CCCC(N(C)C)C2)cc1CO. The smallest absolute Gasteiger partial charge is 0.243 e. The third kappa shape index (κ3) is 3.45. The van der Waals surface area contributed by atoms with Gasteiger partial charge in [-0.25, -0.2) is 8.42 Å². The summed E-state index contributed by atoms with van der Waals surface area (Å²) in [7, 11) is 0.483. The quantitative estimate of drug-likeness (QED) is 0.907. The van der Waals surface area contributed by atoms with E-state index in [-0.39, 0.29) is 17.5 Å². The van der Waals surface area contributed by atoms with Crippen molar-refractivity contribution in [1.29, 1.82) is 0 Å². The first kappa shape index (κ1) is 16.4. The summed E-state index contributed by atoms with van der Waals surface area (Å²) in [6.45, 7) is 2.81. The number of hydrogen-bond donors (Lipinski definition) is 1. The summed E-state index contributed by atoms with van der Waals surface area (Å²) in [5.74, 6) is 0. The van der Waals surface area contributed by atoms with Crippen molar-refractivity contribution >= 4 is 10.0 Å². The second-order valence-electron chi connectivity index (χ2n) is 5.87. The Bertz CT molecular complexity index is 599. The summed E-state index contributed by atoms with van der Waals surface area (Å²) < 4.78 is 27.1. The topological polar surface area (TPSA) is 60.9 Å². The van der Waals surface area contributed by atoms with Gasteiger partial charge in [0, 0.05) is 19.1 Å². The summed E-state index contributed by atoms with van der Waals surface area (Å²) in [5, 5.41) is 9.32. The number of benzene rings is 1. The zero-order valence-corrected chi connectivity index (χ0v) is 13.7. The van der Waals surface area contributed by atoms with Gasteiger partial charge in [-0.2, -0.15) is 4.31 Å². The van der Waals surface area contributed by atoms with Crippen molar-refractivity contribution < 1.29 is 13.5 Å². The molecule has 1 aliphatic heterocycles. The van der Waals surface area contributed by atoms with E-state index in [2.05, 4.69) is 4.90 Å². The number of likely N-dealkylation sites (N-methyl/N-ethyl adjacent to an activating group) is 1. The lowest BCUT2D eigenvalue weighted by Crippen LogP contribution is -2.47. The number of piperidine rings is 1. The van der Waals surface area contributed by atoms with Gasteiger partial charge in [-0.3, -0.25) is 0 Å². The molecular formula is C15H24N2O3S. The van der Waals surface area contributed by atoms with Crippen molar-refractivity contribution in [1.82, 2.24) is 9.21 Å². The number of sulfonamides is 1. The maximum Gasteiger partial charge on any atom is 0.243 e. The van der Waals surface area contributed by atoms with Crippen LogP contribution in [0.4, 0.5) is 0 Å². The number of rotatable bonds is 4. The van der Waals surface area contributed by atoms with Crippen LogP contribution in [0.25, 0.3) is 0 Å². The van der Waals surface area contributed by atoms with Crippen LogP contribution in [0.15, 0.2) is 23.1 Å². The van der Waals surface area contributed by atoms with E-state index in [4.69, 9.17) is 0 Å². The van der Waals surface area contributed by atoms with Crippen LogP contribution in [-0.4, -0.2) is 56.0 Å². The molecule has 0 radical (unpaired) electrons. The molecule has 1 heterocycles. The predicted molar refractivity (Wildman–Crippen MR) is 82.6 cm³/mol. The average molecular weight is 312 g/mol. The molecule has 6 heteroatoms. The second kappa shape index (κ2) is 6.44. The van der Waals surface area contributed by atoms with Crippen molar-refractivity contribution in [2.75, 3.05) is 27.2 Å². The van der Waals surface area contributed by atoms with Crippen molar-refractivity contribution in [3.05, 3.63) is 29.3 Å². The van der Waals surface area contributed by atoms with Crippen LogP contribution in [0.2, 0.25) is 0 Å². The van der Waals surface area contributed by atoms with E-state index in [0.717, 1.165) is 18.4 Å². The first-order chi connectivity index (χ1) is 9.86. The Morgan fingerprint density at radius 2 is 2.10 bits per heavy atom. The Morgan fingerprint density at radius 3 is 2.71 bits per heavy atom. The van der Waals surface area contributed by atoms with Gasteiger partial charge in [0.25, 0.3) is 0 Å². The van der Waals surface area contributed by atoms with Crippen LogP contribution >= 0.6 is 0 Å². The Kier molecular flexibility index (Phi) is 5.03. The summed E-state index contributed by atoms with van der Waals surface area (Å²) in [6.07, 6.45) is 1.90. The lowest BCUT2D eigenvalue weighted by molar-refractivity contribution is 0.190. The van der Waals surface area contributed by atoms with Gasteiger partial charge >= 0.3 is 0 Å². The summed E-state index contributed by atoms with van der Waals surface area (Å²) >= 11 is 0. The molecule has 1 aromatic rings. The highest BCUT2D eigenvalue weighted by Gasteiger charge is 2.31. The van der Waals surface area contributed by atoms with Crippen LogP contribution < -0.4 is 0 Å². The van der Waals surface area contributed by atoms with Crippen LogP contribution in [0.5, 0.6) is 0 Å². The molecule has 1 N–H and O–H groups in total. The molecular weight excluding hydrogens is 288 g/mol. The van der Waals surface area contributed by atoms with Gasteiger partial charge < -0.3 is 10.0 Å². The Morgan fingerprint density at radius 1 is 1.38 bits per heavy atom. The van der Waals surface area contributed by atoms with E-state index in [1.54, 1.807) is 22.5 Å². The highest BCUT2D eigenvalue weighted by molar-refractivity contribution is 7.89. The van der Waals surface area contributed by atoms with Gasteiger partial charge in [0.2, 0.25) is 10.0 Å². The summed E-state index contributed by atoms with van der Waals surface area (Å²) in [6, 6.07) is 5.23. The number of nitrogens with zero attached hydrogens (tertiary/aromatic N) is 2. The molecule has 21 heavy (non-hydrogen) atoms. The molecule has 1 unspecified atom stereocenters. The Hall–Kier alpha value is -0.950. The molecule has 0 aliphatic carbocycles. The average Bonchev–Trinajstić information content (AvgIpc) is 2.47. The number of aryl methyl sites for hydroxylation is 1. The minimum absolute atomic E-state index is 0.143. The number of aliphatic hydroxyl groups is 1. The predicted octanol–water partition coefficient (Wildman–Crippen LogP) is 1.20. The largest absolute Gasteiger partial charge is 0.392 e. The number of hydrogen-bond acceptors (Lipinski definition) is 4. The molecule has 1 saturated heterocycles. The van der Waals surface area contributed by atoms with Crippen LogP contribution in [-0.2, 0) is 16.6 Å². The Labute approximate surface area is 127 Å². The first-order valence-electron chi connectivity index (χ1n) is 7.23. The van der Waals surface area contributed by atoms with E-state index < -0.39 is 10.0 Å². The standard InChI is InChI=1S/C15H24N2O3S/c1-12-6-7-15(9-13(12)11-18)21(19,20)17-8-4-5-14(10-17)16(2)3/h6-7,9,14,18H,4-5,8,10-11H2,1-3H3. The molecule has 2 rings (SSSR count). The van der Waals surface area contributed by atoms with Gasteiger partial charge in [-0.15, -0.1) is 0 Å². The molecule has 118 valence electrons. The molecule has 0 saturated carbocycles. The third-order valence-corrected chi connectivity index (χ3v) is 6.08. The minimum atomic E-state index is -3.48. The second-order valence-corrected chi connectivity index (χ2v) is 7.81. The minimum Gasteiger partial charge on any atom is -0.392 e. The summed E-state index contributed by atoms with van der Waals surface area (Å²) in [5.41, 5.74) is 1.57. The molecule has 0 bridgehead atoms. The molecule has 5 nitrogen and oxygen atoms in total. The normalized spacial score (nSPS) is 20.9. The maximum absolute atomic E-state index is 12.8. The molecule has 1 fully saturated rings. The monoisotopic (exact) mass is 312 g/mol. The van der Waals surface area contributed by atoms with E-state index in [1.165, 1.54) is 0 Å². The van der Waals surface area contributed by atoms with Crippen molar-refractivity contribution in [2.24, 2.45) is 0 Å². The molecule has 0 amide bonds. The van der Waals surface area contributed by atoms with Crippen molar-refractivity contribution in [3.8, 4) is 0 Å². The molecule has 1 aliphatic rings. The fraction of sp³-hybridized carbons (Fsp3) is 0.600. The van der Waals surface area contributed by atoms with Crippen molar-refractivity contribution in [3.63, 3.8) is 0 Å². The van der Waals surface area contributed by atoms with Crippen LogP contribution in [0, 0.1) is 6.92 Å². The fourth-order valence-corrected chi connectivity index (χ4v) is 4.26. The Balaban J connectivity index is 2.29. The maximum atomic E-state index is 12.8. The van der Waals surface area contributed by atoms with Crippen molar-refractivity contribution in [2.45, 2.75) is 37.3 Å². The van der Waals surface area contributed by atoms with E-state index in [0.29, 0.717) is 18.7 Å². The summed E-state index contributed by atoms with van der Waals surface area (Å²) in [4.78, 5) is 2.35. The highest BCUT2D eigenvalue weighted by Crippen LogP contribution is 2.24. The third-order valence-electron chi connectivity index (χ3n) is 4.22.